The van der Waals surface area contributed by atoms with Crippen LogP contribution in [0.4, 0.5) is 5.69 Å². The molecule has 7 nitrogen and oxygen atoms in total. The van der Waals surface area contributed by atoms with Crippen molar-refractivity contribution in [3.8, 4) is 23.0 Å². The van der Waals surface area contributed by atoms with Crippen molar-refractivity contribution in [3.63, 3.8) is 0 Å². The fourth-order valence-electron chi connectivity index (χ4n) is 4.31. The molecule has 0 unspecified atom stereocenters. The second kappa shape index (κ2) is 13.1. The number of anilines is 1. The second-order valence-corrected chi connectivity index (χ2v) is 10.7. The molecule has 0 aliphatic carbocycles. The lowest BCUT2D eigenvalue weighted by molar-refractivity contribution is 0.0977. The molecular weight excluding hydrogens is 570 g/mol. The number of hydrogen-bond donors (Lipinski definition) is 2. The Morgan fingerprint density at radius 2 is 1.76 bits per heavy atom. The van der Waals surface area contributed by atoms with Gasteiger partial charge < -0.3 is 19.2 Å². The molecule has 0 aliphatic rings. The average Bonchev–Trinajstić information content (AvgIpc) is 3.44. The third kappa shape index (κ3) is 6.90. The Morgan fingerprint density at radius 1 is 1.00 bits per heavy atom. The van der Waals surface area contributed by atoms with Gasteiger partial charge >= 0.3 is 0 Å². The molecule has 1 amide bonds. The lowest BCUT2D eigenvalue weighted by Crippen LogP contribution is -2.34. The van der Waals surface area contributed by atoms with Gasteiger partial charge in [-0.2, -0.15) is 0 Å². The van der Waals surface area contributed by atoms with Crippen LogP contribution in [-0.4, -0.2) is 23.1 Å². The van der Waals surface area contributed by atoms with Gasteiger partial charge in [-0.3, -0.25) is 10.1 Å². The predicted molar refractivity (Wildman–Crippen MR) is 171 cm³/mol. The summed E-state index contributed by atoms with van der Waals surface area (Å²) in [5.41, 5.74) is 5.71. The quantitative estimate of drug-likeness (QED) is 0.165. The maximum absolute atomic E-state index is 12.9. The summed E-state index contributed by atoms with van der Waals surface area (Å²) in [6.07, 6.45) is 1.06. The van der Waals surface area contributed by atoms with Gasteiger partial charge in [0.25, 0.3) is 5.91 Å². The number of halogens is 1. The number of fused-ring (bicyclic) bond motifs is 1. The summed E-state index contributed by atoms with van der Waals surface area (Å²) in [5.74, 6) is 1.57. The molecule has 0 radical (unpaired) electrons. The molecule has 4 aromatic carbocycles. The summed E-state index contributed by atoms with van der Waals surface area (Å²) in [4.78, 5) is 17.6. The number of carbonyl (C=O) groups is 1. The largest absolute Gasteiger partial charge is 0.493 e. The van der Waals surface area contributed by atoms with Gasteiger partial charge in [0.15, 0.2) is 22.2 Å². The van der Waals surface area contributed by atoms with Crippen LogP contribution in [0.1, 0.15) is 47.7 Å². The van der Waals surface area contributed by atoms with Crippen LogP contribution in [0.5, 0.6) is 11.5 Å². The number of ether oxygens (including phenoxy) is 2. The molecule has 5 rings (SSSR count). The van der Waals surface area contributed by atoms with Crippen molar-refractivity contribution in [2.24, 2.45) is 0 Å². The first-order valence-corrected chi connectivity index (χ1v) is 14.3. The number of nitrogens with zero attached hydrogens (tertiary/aromatic N) is 1. The second-order valence-electron chi connectivity index (χ2n) is 9.82. The minimum Gasteiger partial charge on any atom is -0.493 e. The smallest absolute Gasteiger partial charge is 0.257 e. The van der Waals surface area contributed by atoms with Crippen molar-refractivity contribution < 1.29 is 18.7 Å². The molecule has 0 fully saturated rings. The average molecular weight is 600 g/mol. The van der Waals surface area contributed by atoms with E-state index in [2.05, 4.69) is 41.6 Å². The molecule has 0 spiro atoms. The van der Waals surface area contributed by atoms with E-state index in [0.29, 0.717) is 46.2 Å². The number of methoxy groups -OCH3 is 1. The van der Waals surface area contributed by atoms with Crippen molar-refractivity contribution >= 4 is 51.6 Å². The van der Waals surface area contributed by atoms with Gasteiger partial charge in [0, 0.05) is 21.8 Å². The van der Waals surface area contributed by atoms with Crippen LogP contribution in [0.25, 0.3) is 22.6 Å². The number of carbonyl (C=O) groups excluding carboxylic acids is 1. The molecule has 9 heteroatoms. The zero-order valence-corrected chi connectivity index (χ0v) is 25.0. The summed E-state index contributed by atoms with van der Waals surface area (Å²) >= 11 is 11.3. The highest BCUT2D eigenvalue weighted by molar-refractivity contribution is 7.80. The van der Waals surface area contributed by atoms with Gasteiger partial charge in [-0.1, -0.05) is 43.6 Å². The minimum absolute atomic E-state index is 0.161. The SMILES string of the molecule is CC[C@@H](C)c1ccc2oc(-c3ccc(NC(=S)NC(=O)c4ccc(OCc5ccc(Cl)cc5)c(OC)c4)cc3)nc2c1. The number of aromatic nitrogens is 1. The van der Waals surface area contributed by atoms with Crippen molar-refractivity contribution in [1.29, 1.82) is 0 Å². The number of amides is 1. The van der Waals surface area contributed by atoms with E-state index in [9.17, 15) is 4.79 Å². The molecule has 2 N–H and O–H groups in total. The van der Waals surface area contributed by atoms with Crippen LogP contribution in [-0.2, 0) is 6.61 Å². The van der Waals surface area contributed by atoms with Gasteiger partial charge in [0.2, 0.25) is 5.89 Å². The molecule has 1 atom stereocenters. The molecule has 214 valence electrons. The Bertz CT molecular complexity index is 1720. The third-order valence-electron chi connectivity index (χ3n) is 6.94. The number of oxazole rings is 1. The highest BCUT2D eigenvalue weighted by Gasteiger charge is 2.14. The Hall–Kier alpha value is -4.40. The van der Waals surface area contributed by atoms with Crippen LogP contribution < -0.4 is 20.1 Å². The van der Waals surface area contributed by atoms with E-state index < -0.39 is 0 Å². The van der Waals surface area contributed by atoms with Crippen LogP contribution in [0.2, 0.25) is 5.02 Å². The molecule has 0 aliphatic heterocycles. The van der Waals surface area contributed by atoms with Gasteiger partial charge in [0.05, 0.1) is 7.11 Å². The first-order valence-electron chi connectivity index (χ1n) is 13.5. The number of hydrogen-bond acceptors (Lipinski definition) is 6. The van der Waals surface area contributed by atoms with Gasteiger partial charge in [-0.15, -0.1) is 0 Å². The van der Waals surface area contributed by atoms with Crippen LogP contribution >= 0.6 is 23.8 Å². The minimum atomic E-state index is -0.380. The number of rotatable bonds is 9. The summed E-state index contributed by atoms with van der Waals surface area (Å²) in [6.45, 7) is 4.70. The van der Waals surface area contributed by atoms with Crippen LogP contribution in [0.15, 0.2) is 89.3 Å². The summed E-state index contributed by atoms with van der Waals surface area (Å²) in [6, 6.07) is 26.0. The van der Waals surface area contributed by atoms with E-state index >= 15 is 0 Å². The van der Waals surface area contributed by atoms with Crippen molar-refractivity contribution in [1.82, 2.24) is 10.3 Å². The Balaban J connectivity index is 1.19. The van der Waals surface area contributed by atoms with E-state index in [1.165, 1.54) is 12.7 Å². The standard InChI is InChI=1S/C33H30ClN3O4S/c1-4-20(2)23-9-15-28-27(17-23)36-32(41-28)22-7-13-26(14-8-22)35-33(42)37-31(38)24-10-16-29(30(18-24)39-3)40-19-21-5-11-25(34)12-6-21/h5-18,20H,4,19H2,1-3H3,(H2,35,37,38,42)/t20-/m1/s1. The molecule has 5 aromatic rings. The monoisotopic (exact) mass is 599 g/mol. The van der Waals surface area contributed by atoms with Crippen LogP contribution in [0, 0.1) is 0 Å². The van der Waals surface area contributed by atoms with E-state index in [1.807, 2.05) is 42.5 Å². The fraction of sp³-hybridized carbons (Fsp3) is 0.182. The van der Waals surface area contributed by atoms with Gasteiger partial charge in [-0.05, 0) is 102 Å². The van der Waals surface area contributed by atoms with E-state index in [1.54, 1.807) is 30.3 Å². The Morgan fingerprint density at radius 3 is 2.48 bits per heavy atom. The summed E-state index contributed by atoms with van der Waals surface area (Å²) in [7, 11) is 1.52. The normalized spacial score (nSPS) is 11.6. The maximum Gasteiger partial charge on any atom is 0.257 e. The van der Waals surface area contributed by atoms with Crippen molar-refractivity contribution in [2.45, 2.75) is 32.8 Å². The lowest BCUT2D eigenvalue weighted by atomic mass is 9.98. The van der Waals surface area contributed by atoms with E-state index in [0.717, 1.165) is 28.6 Å². The van der Waals surface area contributed by atoms with Crippen LogP contribution in [0.3, 0.4) is 0 Å². The maximum atomic E-state index is 12.9. The molecule has 1 heterocycles. The molecule has 0 saturated carbocycles. The predicted octanol–water partition coefficient (Wildman–Crippen LogP) is 8.38. The molecule has 0 bridgehead atoms. The van der Waals surface area contributed by atoms with Gasteiger partial charge in [0.1, 0.15) is 12.1 Å². The highest BCUT2D eigenvalue weighted by Crippen LogP contribution is 2.30. The zero-order valence-electron chi connectivity index (χ0n) is 23.4. The Kier molecular flexibility index (Phi) is 9.05. The summed E-state index contributed by atoms with van der Waals surface area (Å²) < 4.78 is 17.3. The number of thiocarbonyl (C=S) groups is 1. The fourth-order valence-corrected chi connectivity index (χ4v) is 4.65. The topological polar surface area (TPSA) is 85.6 Å². The van der Waals surface area contributed by atoms with Crippen molar-refractivity contribution in [3.05, 3.63) is 107 Å². The van der Waals surface area contributed by atoms with E-state index in [-0.39, 0.29) is 11.0 Å². The van der Waals surface area contributed by atoms with Gasteiger partial charge in [-0.25, -0.2) is 4.98 Å². The number of benzene rings is 4. The molecular formula is C33H30ClN3O4S. The first kappa shape index (κ1) is 29.1. The molecule has 0 saturated heterocycles. The third-order valence-corrected chi connectivity index (χ3v) is 7.40. The summed E-state index contributed by atoms with van der Waals surface area (Å²) in [5, 5.41) is 6.56. The highest BCUT2D eigenvalue weighted by atomic mass is 35.5. The zero-order chi connectivity index (χ0) is 29.6. The number of nitrogens with one attached hydrogen (secondary N) is 2. The molecule has 1 aromatic heterocycles. The first-order chi connectivity index (χ1) is 20.3. The van der Waals surface area contributed by atoms with Crippen molar-refractivity contribution in [2.75, 3.05) is 12.4 Å². The Labute approximate surface area is 254 Å². The molecule has 42 heavy (non-hydrogen) atoms. The van der Waals surface area contributed by atoms with E-state index in [4.69, 9.17) is 37.7 Å². The lowest BCUT2D eigenvalue weighted by Gasteiger charge is -2.13.